The molecule has 0 bridgehead atoms. The summed E-state index contributed by atoms with van der Waals surface area (Å²) in [5.41, 5.74) is 2.21. The molecule has 0 aliphatic heterocycles. The van der Waals surface area contributed by atoms with Crippen molar-refractivity contribution in [2.24, 2.45) is 0 Å². The van der Waals surface area contributed by atoms with Crippen LogP contribution in [0.15, 0.2) is 18.2 Å². The van der Waals surface area contributed by atoms with E-state index in [1.165, 1.54) is 11.3 Å². The topological polar surface area (TPSA) is 42.4 Å². The van der Waals surface area contributed by atoms with E-state index in [1.54, 1.807) is 0 Å². The van der Waals surface area contributed by atoms with Gasteiger partial charge < -0.3 is 9.84 Å². The molecule has 0 saturated carbocycles. The molecule has 2 aromatic rings. The molecule has 2 rings (SSSR count). The monoisotopic (exact) mass is 311 g/mol. The first-order chi connectivity index (χ1) is 9.31. The number of benzene rings is 1. The van der Waals surface area contributed by atoms with Crippen LogP contribution in [0.3, 0.4) is 0 Å². The van der Waals surface area contributed by atoms with E-state index in [0.717, 1.165) is 16.9 Å². The van der Waals surface area contributed by atoms with Gasteiger partial charge in [-0.3, -0.25) is 0 Å². The van der Waals surface area contributed by atoms with Crippen LogP contribution in [0.4, 0.5) is 0 Å². The lowest BCUT2D eigenvalue weighted by Gasteiger charge is -2.22. The van der Waals surface area contributed by atoms with Gasteiger partial charge in [0.25, 0.3) is 5.19 Å². The van der Waals surface area contributed by atoms with E-state index in [1.807, 2.05) is 13.0 Å². The molecule has 20 heavy (non-hydrogen) atoms. The van der Waals surface area contributed by atoms with E-state index in [0.29, 0.717) is 15.2 Å². The minimum atomic E-state index is -0.125. The van der Waals surface area contributed by atoms with Crippen molar-refractivity contribution in [1.29, 1.82) is 0 Å². The van der Waals surface area contributed by atoms with Crippen LogP contribution >= 0.6 is 22.9 Å². The van der Waals surface area contributed by atoms with Gasteiger partial charge in [0.2, 0.25) is 0 Å². The van der Waals surface area contributed by atoms with E-state index in [2.05, 4.69) is 37.9 Å². The molecular formula is C15H18ClNO2S. The number of hydrogen-bond acceptors (Lipinski definition) is 4. The summed E-state index contributed by atoms with van der Waals surface area (Å²) in [5, 5.41) is 9.91. The number of aryl methyl sites for hydroxylation is 1. The zero-order valence-corrected chi connectivity index (χ0v) is 13.6. The average Bonchev–Trinajstić information content (AvgIpc) is 2.67. The molecule has 0 fully saturated rings. The maximum atomic E-state index is 9.16. The predicted octanol–water partition coefficient (Wildman–Crippen LogP) is 4.69. The summed E-state index contributed by atoms with van der Waals surface area (Å²) in [5.74, 6) is 0.785. The van der Waals surface area contributed by atoms with Crippen molar-refractivity contribution in [1.82, 2.24) is 4.98 Å². The molecule has 5 heteroatoms. The van der Waals surface area contributed by atoms with Crippen LogP contribution in [-0.4, -0.2) is 10.1 Å². The minimum absolute atomic E-state index is 0.0239. The van der Waals surface area contributed by atoms with Crippen molar-refractivity contribution in [2.45, 2.75) is 39.7 Å². The van der Waals surface area contributed by atoms with Crippen molar-refractivity contribution in [2.75, 3.05) is 0 Å². The summed E-state index contributed by atoms with van der Waals surface area (Å²) in [4.78, 5) is 4.75. The predicted molar refractivity (Wildman–Crippen MR) is 83.0 cm³/mol. The summed E-state index contributed by atoms with van der Waals surface area (Å²) < 4.78 is 5.89. The zero-order valence-electron chi connectivity index (χ0n) is 12.0. The van der Waals surface area contributed by atoms with Gasteiger partial charge in [-0.2, -0.15) is 4.98 Å². The second-order valence-corrected chi connectivity index (χ2v) is 7.11. The normalized spacial score (nSPS) is 11.7. The molecule has 3 nitrogen and oxygen atoms in total. The van der Waals surface area contributed by atoms with Crippen LogP contribution in [0.1, 0.15) is 36.8 Å². The van der Waals surface area contributed by atoms with Crippen LogP contribution in [0.5, 0.6) is 10.9 Å². The molecule has 1 aromatic heterocycles. The van der Waals surface area contributed by atoms with E-state index >= 15 is 0 Å². The third kappa shape index (κ3) is 3.32. The van der Waals surface area contributed by atoms with Gasteiger partial charge in [-0.15, -0.1) is 0 Å². The number of nitrogens with zero attached hydrogens (tertiary/aromatic N) is 1. The highest BCUT2D eigenvalue weighted by atomic mass is 35.5. The lowest BCUT2D eigenvalue weighted by atomic mass is 9.86. The Morgan fingerprint density at radius 3 is 2.60 bits per heavy atom. The van der Waals surface area contributed by atoms with Gasteiger partial charge in [0.1, 0.15) is 10.9 Å². The zero-order chi connectivity index (χ0) is 14.9. The van der Waals surface area contributed by atoms with Crippen LogP contribution in [0, 0.1) is 6.92 Å². The Balaban J connectivity index is 2.39. The maximum absolute atomic E-state index is 9.16. The Morgan fingerprint density at radius 2 is 2.05 bits per heavy atom. The van der Waals surface area contributed by atoms with Crippen molar-refractivity contribution in [3.63, 3.8) is 0 Å². The van der Waals surface area contributed by atoms with Gasteiger partial charge in [-0.1, -0.05) is 55.8 Å². The molecule has 1 heterocycles. The van der Waals surface area contributed by atoms with Gasteiger partial charge in [0.05, 0.1) is 11.5 Å². The molecular weight excluding hydrogens is 294 g/mol. The molecule has 0 saturated heterocycles. The first kappa shape index (κ1) is 15.3. The number of ether oxygens (including phenoxy) is 1. The van der Waals surface area contributed by atoms with E-state index in [-0.39, 0.29) is 12.0 Å². The van der Waals surface area contributed by atoms with Gasteiger partial charge in [0, 0.05) is 5.56 Å². The number of rotatable bonds is 3. The van der Waals surface area contributed by atoms with Crippen molar-refractivity contribution in [3.05, 3.63) is 39.4 Å². The largest absolute Gasteiger partial charge is 0.431 e. The number of aromatic nitrogens is 1. The standard InChI is InChI=1S/C15H18ClNO2S/c1-9-5-6-10(15(2,3)4)11(7-9)19-14-17-13(16)12(8-18)20-14/h5-7,18H,8H2,1-4H3. The Hall–Kier alpha value is -1.10. The highest BCUT2D eigenvalue weighted by Gasteiger charge is 2.20. The molecule has 0 atom stereocenters. The quantitative estimate of drug-likeness (QED) is 0.894. The Bertz CT molecular complexity index is 617. The van der Waals surface area contributed by atoms with Gasteiger partial charge in [0.15, 0.2) is 0 Å². The summed E-state index contributed by atoms with van der Waals surface area (Å²) in [6, 6.07) is 6.14. The van der Waals surface area contributed by atoms with Crippen molar-refractivity contribution >= 4 is 22.9 Å². The molecule has 1 N–H and O–H groups in total. The van der Waals surface area contributed by atoms with Gasteiger partial charge >= 0.3 is 0 Å². The maximum Gasteiger partial charge on any atom is 0.280 e. The fourth-order valence-corrected chi connectivity index (χ4v) is 2.86. The Morgan fingerprint density at radius 1 is 1.35 bits per heavy atom. The summed E-state index contributed by atoms with van der Waals surface area (Å²) in [6.45, 7) is 8.31. The molecule has 0 amide bonds. The fraction of sp³-hybridized carbons (Fsp3) is 0.400. The fourth-order valence-electron chi connectivity index (χ4n) is 1.88. The molecule has 0 aliphatic carbocycles. The number of halogens is 1. The lowest BCUT2D eigenvalue weighted by molar-refractivity contribution is 0.285. The number of aliphatic hydroxyl groups excluding tert-OH is 1. The van der Waals surface area contributed by atoms with Crippen LogP contribution in [-0.2, 0) is 12.0 Å². The Kier molecular flexibility index (Phi) is 4.37. The van der Waals surface area contributed by atoms with Crippen LogP contribution in [0.2, 0.25) is 5.15 Å². The second-order valence-electron chi connectivity index (χ2n) is 5.70. The number of thiazole rings is 1. The third-order valence-corrected chi connectivity index (χ3v) is 4.26. The highest BCUT2D eigenvalue weighted by molar-refractivity contribution is 7.13. The molecule has 0 aliphatic rings. The Labute approximate surface area is 128 Å². The molecule has 1 aromatic carbocycles. The average molecular weight is 312 g/mol. The van der Waals surface area contributed by atoms with E-state index in [9.17, 15) is 0 Å². The summed E-state index contributed by atoms with van der Waals surface area (Å²) >= 11 is 7.20. The molecule has 108 valence electrons. The van der Waals surface area contributed by atoms with E-state index < -0.39 is 0 Å². The summed E-state index contributed by atoms with van der Waals surface area (Å²) in [6.07, 6.45) is 0. The highest BCUT2D eigenvalue weighted by Crippen LogP contribution is 2.37. The second kappa shape index (κ2) is 5.72. The van der Waals surface area contributed by atoms with Crippen LogP contribution < -0.4 is 4.74 Å². The van der Waals surface area contributed by atoms with Crippen molar-refractivity contribution in [3.8, 4) is 10.9 Å². The first-order valence-corrected chi connectivity index (χ1v) is 7.55. The summed E-state index contributed by atoms with van der Waals surface area (Å²) in [7, 11) is 0. The van der Waals surface area contributed by atoms with Crippen LogP contribution in [0.25, 0.3) is 0 Å². The minimum Gasteiger partial charge on any atom is -0.431 e. The SMILES string of the molecule is Cc1ccc(C(C)(C)C)c(Oc2nc(Cl)c(CO)s2)c1. The number of hydrogen-bond donors (Lipinski definition) is 1. The van der Waals surface area contributed by atoms with Crippen molar-refractivity contribution < 1.29 is 9.84 Å². The van der Waals surface area contributed by atoms with E-state index in [4.69, 9.17) is 21.4 Å². The smallest absolute Gasteiger partial charge is 0.280 e. The number of aliphatic hydroxyl groups is 1. The lowest BCUT2D eigenvalue weighted by Crippen LogP contribution is -2.12. The first-order valence-electron chi connectivity index (χ1n) is 6.36. The van der Waals surface area contributed by atoms with Gasteiger partial charge in [-0.05, 0) is 24.0 Å². The molecule has 0 unspecified atom stereocenters. The molecule has 0 radical (unpaired) electrons. The third-order valence-electron chi connectivity index (χ3n) is 2.92. The van der Waals surface area contributed by atoms with Gasteiger partial charge in [-0.25, -0.2) is 0 Å². The molecule has 0 spiro atoms.